The van der Waals surface area contributed by atoms with Gasteiger partial charge in [0.05, 0.1) is 11.1 Å². The molecule has 0 bridgehead atoms. The molecule has 0 unspecified atom stereocenters. The third kappa shape index (κ3) is 5.42. The molecule has 0 saturated carbocycles. The molecule has 1 aliphatic rings. The fourth-order valence-electron chi connectivity index (χ4n) is 3.28. The van der Waals surface area contributed by atoms with E-state index < -0.39 is 48.6 Å². The number of hydrogen-bond acceptors (Lipinski definition) is 8. The van der Waals surface area contributed by atoms with Gasteiger partial charge in [-0.2, -0.15) is 0 Å². The molecular weight excluding hydrogens is 418 g/mol. The Balaban J connectivity index is 1.86. The van der Waals surface area contributed by atoms with Crippen molar-refractivity contribution in [2.45, 2.75) is 44.5 Å². The predicted molar refractivity (Wildman–Crippen MR) is 110 cm³/mol. The van der Waals surface area contributed by atoms with Crippen LogP contribution in [0.1, 0.15) is 34.6 Å². The highest BCUT2D eigenvalue weighted by Crippen LogP contribution is 2.32. The first-order valence-electron chi connectivity index (χ1n) is 9.79. The lowest BCUT2D eigenvalue weighted by molar-refractivity contribution is -0.153. The summed E-state index contributed by atoms with van der Waals surface area (Å²) in [5, 5.41) is 3.51. The van der Waals surface area contributed by atoms with Crippen LogP contribution in [0.25, 0.3) is 10.4 Å². The molecule has 10 heteroatoms. The van der Waals surface area contributed by atoms with Crippen LogP contribution in [0.3, 0.4) is 0 Å². The minimum atomic E-state index is -1.28. The molecular formula is C22H21N3O7. The lowest BCUT2D eigenvalue weighted by atomic mass is 10.1. The van der Waals surface area contributed by atoms with Crippen molar-refractivity contribution in [1.29, 1.82) is 0 Å². The third-order valence-electron chi connectivity index (χ3n) is 4.71. The van der Waals surface area contributed by atoms with Crippen molar-refractivity contribution in [1.82, 2.24) is 0 Å². The molecule has 0 spiro atoms. The summed E-state index contributed by atoms with van der Waals surface area (Å²) in [5.41, 5.74) is 9.46. The Morgan fingerprint density at radius 2 is 1.50 bits per heavy atom. The molecule has 10 nitrogen and oxygen atoms in total. The summed E-state index contributed by atoms with van der Waals surface area (Å²) in [7, 11) is 0. The quantitative estimate of drug-likeness (QED) is 0.212. The van der Waals surface area contributed by atoms with E-state index in [1.54, 1.807) is 60.7 Å². The molecule has 2 aromatic rings. The molecule has 2 aromatic carbocycles. The van der Waals surface area contributed by atoms with Crippen LogP contribution in [-0.2, 0) is 23.7 Å². The molecule has 1 heterocycles. The van der Waals surface area contributed by atoms with E-state index >= 15 is 0 Å². The topological polar surface area (TPSA) is 137 Å². The van der Waals surface area contributed by atoms with Gasteiger partial charge in [0.1, 0.15) is 12.2 Å². The maximum atomic E-state index is 12.7. The van der Waals surface area contributed by atoms with E-state index in [0.29, 0.717) is 5.56 Å². The van der Waals surface area contributed by atoms with E-state index in [0.717, 1.165) is 6.92 Å². The van der Waals surface area contributed by atoms with Gasteiger partial charge in [0.15, 0.2) is 18.4 Å². The van der Waals surface area contributed by atoms with Gasteiger partial charge in [-0.3, -0.25) is 4.79 Å². The summed E-state index contributed by atoms with van der Waals surface area (Å²) >= 11 is 0. The fraction of sp³-hybridized carbons (Fsp3) is 0.318. The number of hydrogen-bond donors (Lipinski definition) is 0. The predicted octanol–water partition coefficient (Wildman–Crippen LogP) is 3.42. The Bertz CT molecular complexity index is 1010. The zero-order valence-corrected chi connectivity index (χ0v) is 17.4. The van der Waals surface area contributed by atoms with Crippen LogP contribution in [0.4, 0.5) is 0 Å². The maximum absolute atomic E-state index is 12.7. The van der Waals surface area contributed by atoms with Gasteiger partial charge >= 0.3 is 17.9 Å². The fourth-order valence-corrected chi connectivity index (χ4v) is 3.28. The van der Waals surface area contributed by atoms with Crippen molar-refractivity contribution >= 4 is 17.9 Å². The van der Waals surface area contributed by atoms with Crippen LogP contribution >= 0.6 is 0 Å². The van der Waals surface area contributed by atoms with Gasteiger partial charge in [0, 0.05) is 11.8 Å². The second-order valence-electron chi connectivity index (χ2n) is 6.98. The normalized spacial score (nSPS) is 22.8. The summed E-state index contributed by atoms with van der Waals surface area (Å²) < 4.78 is 22.0. The van der Waals surface area contributed by atoms with Crippen LogP contribution in [-0.4, -0.2) is 48.6 Å². The van der Waals surface area contributed by atoms with Gasteiger partial charge in [-0.05, 0) is 36.7 Å². The number of carbonyl (C=O) groups is 3. The van der Waals surface area contributed by atoms with Crippen LogP contribution in [0.15, 0.2) is 65.8 Å². The third-order valence-corrected chi connectivity index (χ3v) is 4.71. The van der Waals surface area contributed by atoms with Gasteiger partial charge in [-0.1, -0.05) is 41.5 Å². The van der Waals surface area contributed by atoms with Crippen molar-refractivity contribution in [2.75, 3.05) is 0 Å². The van der Waals surface area contributed by atoms with E-state index in [9.17, 15) is 14.4 Å². The number of esters is 3. The Labute approximate surface area is 183 Å². The number of carbonyl (C=O) groups excluding carboxylic acids is 3. The molecule has 1 aliphatic heterocycles. The summed E-state index contributed by atoms with van der Waals surface area (Å²) in [5.74, 6) is -2.01. The Kier molecular flexibility index (Phi) is 7.43. The van der Waals surface area contributed by atoms with E-state index in [-0.39, 0.29) is 5.56 Å². The van der Waals surface area contributed by atoms with Crippen LogP contribution in [0.5, 0.6) is 0 Å². The van der Waals surface area contributed by atoms with Crippen LogP contribution in [0, 0.1) is 0 Å². The Hall–Kier alpha value is -3.88. The average Bonchev–Trinajstić information content (AvgIpc) is 3.11. The highest BCUT2D eigenvalue weighted by Gasteiger charge is 2.52. The molecule has 1 fully saturated rings. The lowest BCUT2D eigenvalue weighted by Gasteiger charge is -2.26. The number of benzene rings is 2. The molecule has 32 heavy (non-hydrogen) atoms. The van der Waals surface area contributed by atoms with E-state index in [1.165, 1.54) is 6.92 Å². The van der Waals surface area contributed by atoms with E-state index in [2.05, 4.69) is 10.0 Å². The summed E-state index contributed by atoms with van der Waals surface area (Å²) in [6.07, 6.45) is -5.69. The van der Waals surface area contributed by atoms with Crippen LogP contribution < -0.4 is 0 Å². The average molecular weight is 439 g/mol. The second-order valence-corrected chi connectivity index (χ2v) is 6.98. The van der Waals surface area contributed by atoms with Crippen molar-refractivity contribution < 1.29 is 33.3 Å². The number of rotatable bonds is 7. The van der Waals surface area contributed by atoms with Crippen molar-refractivity contribution in [3.8, 4) is 0 Å². The number of azide groups is 1. The number of nitrogens with zero attached hydrogens (tertiary/aromatic N) is 3. The zero-order valence-electron chi connectivity index (χ0n) is 17.4. The molecule has 3 rings (SSSR count). The van der Waals surface area contributed by atoms with Crippen molar-refractivity contribution in [2.24, 2.45) is 5.11 Å². The van der Waals surface area contributed by atoms with Gasteiger partial charge in [0.25, 0.3) is 0 Å². The number of ether oxygens (including phenoxy) is 4. The molecule has 166 valence electrons. The highest BCUT2D eigenvalue weighted by molar-refractivity contribution is 5.90. The van der Waals surface area contributed by atoms with Gasteiger partial charge in [0.2, 0.25) is 0 Å². The second kappa shape index (κ2) is 10.4. The Morgan fingerprint density at radius 3 is 2.03 bits per heavy atom. The van der Waals surface area contributed by atoms with E-state index in [1.807, 2.05) is 0 Å². The highest BCUT2D eigenvalue weighted by atomic mass is 16.7. The molecule has 0 N–H and O–H groups in total. The molecule has 0 amide bonds. The summed E-state index contributed by atoms with van der Waals surface area (Å²) in [6, 6.07) is 16.5. The minimum absolute atomic E-state index is 0.258. The van der Waals surface area contributed by atoms with Gasteiger partial charge in [-0.15, -0.1) is 0 Å². The summed E-state index contributed by atoms with van der Waals surface area (Å²) in [6.45, 7) is 2.70. The van der Waals surface area contributed by atoms with Crippen molar-refractivity contribution in [3.63, 3.8) is 0 Å². The molecule has 0 aliphatic carbocycles. The lowest BCUT2D eigenvalue weighted by Crippen LogP contribution is -2.44. The van der Waals surface area contributed by atoms with E-state index in [4.69, 9.17) is 24.5 Å². The zero-order chi connectivity index (χ0) is 23.1. The monoisotopic (exact) mass is 439 g/mol. The molecule has 1 saturated heterocycles. The van der Waals surface area contributed by atoms with Gasteiger partial charge < -0.3 is 18.9 Å². The minimum Gasteiger partial charge on any atom is -0.456 e. The largest absolute Gasteiger partial charge is 0.456 e. The first-order valence-corrected chi connectivity index (χ1v) is 9.79. The Morgan fingerprint density at radius 1 is 0.938 bits per heavy atom. The standard InChI is InChI=1S/C22H21N3O7/c1-13(29-21(27)15-9-5-3-6-10-15)17-18(32-22(28)16-11-7-4-8-12-16)19(30-14(2)26)20(31-17)24-25-23/h3-13,17-20H,1-2H3/t13-,17-,18-,19-,20-/m1/s1. The van der Waals surface area contributed by atoms with Crippen molar-refractivity contribution in [3.05, 3.63) is 82.2 Å². The smallest absolute Gasteiger partial charge is 0.338 e. The summed E-state index contributed by atoms with van der Waals surface area (Å²) in [4.78, 5) is 39.5. The maximum Gasteiger partial charge on any atom is 0.338 e. The first-order chi connectivity index (χ1) is 15.4. The molecule has 0 aromatic heterocycles. The molecule has 0 radical (unpaired) electrons. The first kappa shape index (κ1) is 22.8. The van der Waals surface area contributed by atoms with Gasteiger partial charge in [-0.25, -0.2) is 9.59 Å². The molecule has 5 atom stereocenters. The van der Waals surface area contributed by atoms with Crippen LogP contribution in [0.2, 0.25) is 0 Å². The SMILES string of the molecule is CC(=O)O[C@@H]1[C@H](OC(=O)c2ccccc2)[C@@H]([C@@H](C)OC(=O)c2ccccc2)O[C@H]1N=[N+]=[N-].